The number of aromatic nitrogens is 2. The van der Waals surface area contributed by atoms with Gasteiger partial charge in [-0.15, -0.1) is 0 Å². The Balaban J connectivity index is 1.40. The van der Waals surface area contributed by atoms with Crippen LogP contribution in [0.1, 0.15) is 60.8 Å². The number of hydrogen-bond acceptors (Lipinski definition) is 6. The lowest BCUT2D eigenvalue weighted by atomic mass is 10.0. The van der Waals surface area contributed by atoms with Crippen LogP contribution in [0.2, 0.25) is 0 Å². The predicted octanol–water partition coefficient (Wildman–Crippen LogP) is 6.14. The van der Waals surface area contributed by atoms with Crippen molar-refractivity contribution in [1.82, 2.24) is 14.3 Å². The minimum atomic E-state index is -3.90. The van der Waals surface area contributed by atoms with Gasteiger partial charge in [-0.25, -0.2) is 26.6 Å². The summed E-state index contributed by atoms with van der Waals surface area (Å²) < 4.78 is 49.1. The minimum Gasteiger partial charge on any atom is -0.445 e. The monoisotopic (exact) mass is 614 g/mol. The van der Waals surface area contributed by atoms with Crippen molar-refractivity contribution in [2.75, 3.05) is 11.4 Å². The molecule has 3 heterocycles. The number of pyridine rings is 1. The van der Waals surface area contributed by atoms with Crippen LogP contribution in [0.4, 0.5) is 15.0 Å². The molecule has 2 atom stereocenters. The van der Waals surface area contributed by atoms with E-state index in [0.717, 1.165) is 23.7 Å². The fourth-order valence-electron chi connectivity index (χ4n) is 5.35. The molecule has 5 rings (SSSR count). The molecular formula is C34H35FN4O4S. The van der Waals surface area contributed by atoms with Gasteiger partial charge in [0, 0.05) is 17.8 Å². The van der Waals surface area contributed by atoms with Crippen LogP contribution in [-0.2, 0) is 27.8 Å². The van der Waals surface area contributed by atoms with E-state index in [1.54, 1.807) is 31.2 Å². The summed E-state index contributed by atoms with van der Waals surface area (Å²) in [5.74, 6) is 5.99. The molecule has 10 heteroatoms. The average molecular weight is 615 g/mol. The Labute approximate surface area is 257 Å². The zero-order valence-corrected chi connectivity index (χ0v) is 25.8. The second-order valence-corrected chi connectivity index (χ2v) is 12.5. The van der Waals surface area contributed by atoms with Gasteiger partial charge in [0.25, 0.3) is 10.0 Å². The summed E-state index contributed by atoms with van der Waals surface area (Å²) in [6, 6.07) is 20.3. The third kappa shape index (κ3) is 6.79. The summed E-state index contributed by atoms with van der Waals surface area (Å²) in [5.41, 5.74) is 3.42. The highest BCUT2D eigenvalue weighted by Crippen LogP contribution is 2.39. The summed E-state index contributed by atoms with van der Waals surface area (Å²) in [7, 11) is -3.90. The van der Waals surface area contributed by atoms with Crippen LogP contribution in [0.5, 0.6) is 0 Å². The maximum atomic E-state index is 14.6. The molecule has 1 amide bonds. The lowest BCUT2D eigenvalue weighted by Gasteiger charge is -2.29. The standard InChI is InChI=1S/C34H35FN4O4S/c1-4-28-15-19-33(39(28)44(41,42)29-16-12-24(2)13-17-29)38-20-8-11-32(38)30-21-27(35)22-36-31(30)18-14-25(3)37-34(40)43-23-26-9-6-5-7-10-26/h5-7,9-10,12-13,15-17,19,21-22,25,32H,4,8,11,20,23H2,1-3H3,(H,37,40)/t25?,32-/m1/s1. The Bertz CT molecular complexity index is 1790. The van der Waals surface area contributed by atoms with E-state index >= 15 is 0 Å². The number of anilines is 1. The van der Waals surface area contributed by atoms with Gasteiger partial charge in [0.1, 0.15) is 23.9 Å². The normalized spacial score (nSPS) is 15.4. The molecule has 1 saturated heterocycles. The highest BCUT2D eigenvalue weighted by Gasteiger charge is 2.34. The van der Waals surface area contributed by atoms with Crippen LogP contribution in [-0.4, -0.2) is 36.1 Å². The molecule has 8 nitrogen and oxygen atoms in total. The number of carbonyl (C=O) groups excluding carboxylic acids is 1. The second kappa shape index (κ2) is 13.3. The van der Waals surface area contributed by atoms with Crippen LogP contribution in [0.15, 0.2) is 83.9 Å². The number of ether oxygens (including phenoxy) is 1. The summed E-state index contributed by atoms with van der Waals surface area (Å²) in [6.07, 6.45) is 2.46. The molecule has 0 radical (unpaired) electrons. The number of carbonyl (C=O) groups is 1. The summed E-state index contributed by atoms with van der Waals surface area (Å²) >= 11 is 0. The van der Waals surface area contributed by atoms with E-state index in [1.165, 1.54) is 10.0 Å². The molecule has 1 aliphatic heterocycles. The quantitative estimate of drug-likeness (QED) is 0.240. The van der Waals surface area contributed by atoms with Crippen molar-refractivity contribution in [3.8, 4) is 11.8 Å². The van der Waals surface area contributed by atoms with E-state index in [2.05, 4.69) is 22.1 Å². The van der Waals surface area contributed by atoms with Gasteiger partial charge in [0.05, 0.1) is 23.2 Å². The molecule has 2 aromatic heterocycles. The van der Waals surface area contributed by atoms with Crippen LogP contribution in [0.3, 0.4) is 0 Å². The van der Waals surface area contributed by atoms with Gasteiger partial charge < -0.3 is 15.0 Å². The molecule has 228 valence electrons. The lowest BCUT2D eigenvalue weighted by Crippen LogP contribution is -2.32. The number of alkyl carbamates (subject to hydrolysis) is 1. The fraction of sp³-hybridized carbons (Fsp3) is 0.294. The maximum absolute atomic E-state index is 14.6. The molecule has 0 spiro atoms. The first-order valence-corrected chi connectivity index (χ1v) is 16.0. The van der Waals surface area contributed by atoms with Gasteiger partial charge in [0.15, 0.2) is 0 Å². The Morgan fingerprint density at radius 2 is 1.89 bits per heavy atom. The topological polar surface area (TPSA) is 93.5 Å². The third-order valence-corrected chi connectivity index (χ3v) is 9.33. The summed E-state index contributed by atoms with van der Waals surface area (Å²) in [4.78, 5) is 18.8. The molecular weight excluding hydrogens is 579 g/mol. The van der Waals surface area contributed by atoms with Gasteiger partial charge in [-0.2, -0.15) is 0 Å². The Morgan fingerprint density at radius 1 is 1.14 bits per heavy atom. The third-order valence-electron chi connectivity index (χ3n) is 7.56. The number of benzene rings is 2. The van der Waals surface area contributed by atoms with E-state index < -0.39 is 28.0 Å². The average Bonchev–Trinajstić information content (AvgIpc) is 3.68. The molecule has 0 saturated carbocycles. The van der Waals surface area contributed by atoms with Crippen molar-refractivity contribution in [1.29, 1.82) is 0 Å². The van der Waals surface area contributed by atoms with Gasteiger partial charge >= 0.3 is 6.09 Å². The van der Waals surface area contributed by atoms with Crippen molar-refractivity contribution in [2.24, 2.45) is 0 Å². The molecule has 0 bridgehead atoms. The number of aryl methyl sites for hydroxylation is 2. The van der Waals surface area contributed by atoms with E-state index in [4.69, 9.17) is 4.74 Å². The van der Waals surface area contributed by atoms with Crippen LogP contribution in [0, 0.1) is 24.6 Å². The molecule has 1 unspecified atom stereocenters. The molecule has 4 aromatic rings. The first kappa shape index (κ1) is 30.8. The van der Waals surface area contributed by atoms with Crippen LogP contribution in [0.25, 0.3) is 0 Å². The van der Waals surface area contributed by atoms with Crippen molar-refractivity contribution >= 4 is 21.9 Å². The largest absolute Gasteiger partial charge is 0.445 e. The maximum Gasteiger partial charge on any atom is 0.408 e. The molecule has 1 fully saturated rings. The second-order valence-electron chi connectivity index (χ2n) is 10.8. The summed E-state index contributed by atoms with van der Waals surface area (Å²) in [6.45, 7) is 6.26. The smallest absolute Gasteiger partial charge is 0.408 e. The Kier molecular flexibility index (Phi) is 9.35. The number of rotatable bonds is 8. The van der Waals surface area contributed by atoms with Crippen molar-refractivity contribution in [3.05, 3.63) is 113 Å². The van der Waals surface area contributed by atoms with E-state index in [1.807, 2.05) is 61.2 Å². The van der Waals surface area contributed by atoms with Gasteiger partial charge in [-0.1, -0.05) is 60.9 Å². The van der Waals surface area contributed by atoms with E-state index in [9.17, 15) is 17.6 Å². The first-order valence-electron chi connectivity index (χ1n) is 14.6. The van der Waals surface area contributed by atoms with Crippen molar-refractivity contribution in [3.63, 3.8) is 0 Å². The lowest BCUT2D eigenvalue weighted by molar-refractivity contribution is 0.138. The molecule has 2 aromatic carbocycles. The number of nitrogens with one attached hydrogen (secondary N) is 1. The number of halogens is 1. The minimum absolute atomic E-state index is 0.134. The molecule has 0 aliphatic carbocycles. The molecule has 1 aliphatic rings. The van der Waals surface area contributed by atoms with E-state index in [0.29, 0.717) is 42.2 Å². The van der Waals surface area contributed by atoms with Gasteiger partial charge in [-0.05, 0) is 74.9 Å². The Hall–Kier alpha value is -4.62. The molecule has 44 heavy (non-hydrogen) atoms. The van der Waals surface area contributed by atoms with Gasteiger partial charge in [-0.3, -0.25) is 0 Å². The number of nitrogens with zero attached hydrogens (tertiary/aromatic N) is 3. The Morgan fingerprint density at radius 3 is 2.61 bits per heavy atom. The fourth-order valence-corrected chi connectivity index (χ4v) is 6.95. The number of hydrogen-bond donors (Lipinski definition) is 1. The van der Waals surface area contributed by atoms with E-state index in [-0.39, 0.29) is 17.5 Å². The van der Waals surface area contributed by atoms with Crippen molar-refractivity contribution in [2.45, 2.75) is 63.6 Å². The predicted molar refractivity (Wildman–Crippen MR) is 167 cm³/mol. The van der Waals surface area contributed by atoms with Gasteiger partial charge in [0.2, 0.25) is 0 Å². The first-order chi connectivity index (χ1) is 21.2. The van der Waals surface area contributed by atoms with Crippen molar-refractivity contribution < 1.29 is 22.3 Å². The highest BCUT2D eigenvalue weighted by atomic mass is 32.2. The SMILES string of the molecule is CCc1ccc(N2CCC[C@@H]2c2cc(F)cnc2C#CC(C)NC(=O)OCc2ccccc2)n1S(=O)(=O)c1ccc(C)cc1. The number of amides is 1. The zero-order chi connectivity index (χ0) is 31.3. The summed E-state index contributed by atoms with van der Waals surface area (Å²) in [5, 5.41) is 2.69. The van der Waals surface area contributed by atoms with Crippen LogP contribution < -0.4 is 10.2 Å². The molecule has 1 N–H and O–H groups in total. The van der Waals surface area contributed by atoms with Crippen LogP contribution >= 0.6 is 0 Å². The zero-order valence-electron chi connectivity index (χ0n) is 25.0. The highest BCUT2D eigenvalue weighted by molar-refractivity contribution is 7.90.